The molecule has 2 atom stereocenters. The van der Waals surface area contributed by atoms with Gasteiger partial charge in [-0.2, -0.15) is 0 Å². The molecule has 0 aromatic rings. The Morgan fingerprint density at radius 3 is 2.53 bits per heavy atom. The zero-order valence-corrected chi connectivity index (χ0v) is 11.0. The molecule has 100 valence electrons. The number of ether oxygens (including phenoxy) is 1. The molecule has 1 rings (SSSR count). The number of carboxylic acids is 1. The topological polar surface area (TPSA) is 66.8 Å². The van der Waals surface area contributed by atoms with Crippen molar-refractivity contribution in [1.29, 1.82) is 0 Å². The van der Waals surface area contributed by atoms with E-state index in [0.29, 0.717) is 6.42 Å². The van der Waals surface area contributed by atoms with Crippen LogP contribution in [0.3, 0.4) is 0 Å². The van der Waals surface area contributed by atoms with Gasteiger partial charge in [0.2, 0.25) is 0 Å². The average Bonchev–Trinajstić information content (AvgIpc) is 2.25. The highest BCUT2D eigenvalue weighted by Crippen LogP contribution is 2.46. The highest BCUT2D eigenvalue weighted by molar-refractivity contribution is 5.78. The van der Waals surface area contributed by atoms with Gasteiger partial charge in [0, 0.05) is 5.92 Å². The summed E-state index contributed by atoms with van der Waals surface area (Å²) in [5.74, 6) is -0.890. The lowest BCUT2D eigenvalue weighted by Crippen LogP contribution is -2.54. The van der Waals surface area contributed by atoms with Gasteiger partial charge >= 0.3 is 5.97 Å². The SMILES string of the molecule is CC(C)(C)C1CCCCC1(OCCO)C(=O)O. The maximum absolute atomic E-state index is 11.6. The number of rotatable bonds is 4. The van der Waals surface area contributed by atoms with Crippen molar-refractivity contribution in [3.05, 3.63) is 0 Å². The number of carboxylic acid groups (broad SMARTS) is 1. The van der Waals surface area contributed by atoms with E-state index < -0.39 is 11.6 Å². The molecule has 1 saturated carbocycles. The lowest BCUT2D eigenvalue weighted by atomic mass is 9.63. The zero-order valence-electron chi connectivity index (χ0n) is 11.0. The van der Waals surface area contributed by atoms with Crippen molar-refractivity contribution in [3.8, 4) is 0 Å². The third-order valence-electron chi connectivity index (χ3n) is 3.71. The second kappa shape index (κ2) is 5.36. The molecule has 0 aliphatic heterocycles. The molecule has 0 saturated heterocycles. The number of aliphatic carboxylic acids is 1. The van der Waals surface area contributed by atoms with Gasteiger partial charge in [0.25, 0.3) is 0 Å². The van der Waals surface area contributed by atoms with Crippen LogP contribution in [0.4, 0.5) is 0 Å². The molecule has 4 nitrogen and oxygen atoms in total. The van der Waals surface area contributed by atoms with Gasteiger partial charge in [-0.25, -0.2) is 4.79 Å². The first-order chi connectivity index (χ1) is 7.84. The summed E-state index contributed by atoms with van der Waals surface area (Å²) >= 11 is 0. The van der Waals surface area contributed by atoms with E-state index in [-0.39, 0.29) is 24.5 Å². The Hall–Kier alpha value is -0.610. The Morgan fingerprint density at radius 2 is 2.06 bits per heavy atom. The number of aliphatic hydroxyl groups is 1. The predicted molar refractivity (Wildman–Crippen MR) is 64.8 cm³/mol. The molecule has 17 heavy (non-hydrogen) atoms. The smallest absolute Gasteiger partial charge is 0.336 e. The molecule has 0 bridgehead atoms. The molecule has 0 amide bonds. The Morgan fingerprint density at radius 1 is 1.41 bits per heavy atom. The highest BCUT2D eigenvalue weighted by atomic mass is 16.5. The molecule has 0 aromatic carbocycles. The summed E-state index contributed by atoms with van der Waals surface area (Å²) < 4.78 is 5.57. The van der Waals surface area contributed by atoms with Gasteiger partial charge in [-0.15, -0.1) is 0 Å². The van der Waals surface area contributed by atoms with E-state index in [9.17, 15) is 9.90 Å². The van der Waals surface area contributed by atoms with E-state index in [1.807, 2.05) is 0 Å². The van der Waals surface area contributed by atoms with Crippen molar-refractivity contribution in [2.45, 2.75) is 52.1 Å². The Labute approximate surface area is 103 Å². The van der Waals surface area contributed by atoms with E-state index >= 15 is 0 Å². The number of aliphatic hydroxyl groups excluding tert-OH is 1. The van der Waals surface area contributed by atoms with Crippen LogP contribution in [0.15, 0.2) is 0 Å². The fourth-order valence-electron chi connectivity index (χ4n) is 2.99. The number of hydrogen-bond donors (Lipinski definition) is 2. The first-order valence-electron chi connectivity index (χ1n) is 6.33. The maximum Gasteiger partial charge on any atom is 0.336 e. The van der Waals surface area contributed by atoms with Crippen LogP contribution in [0.2, 0.25) is 0 Å². The molecular weight excluding hydrogens is 220 g/mol. The van der Waals surface area contributed by atoms with Crippen LogP contribution in [-0.2, 0) is 9.53 Å². The second-order valence-electron chi connectivity index (χ2n) is 5.93. The van der Waals surface area contributed by atoms with Crippen molar-refractivity contribution in [2.75, 3.05) is 13.2 Å². The van der Waals surface area contributed by atoms with E-state index in [1.54, 1.807) is 0 Å². The average molecular weight is 244 g/mol. The molecule has 1 aliphatic carbocycles. The summed E-state index contributed by atoms with van der Waals surface area (Å²) in [5, 5.41) is 18.4. The Balaban J connectivity index is 3.00. The molecule has 0 aromatic heterocycles. The van der Waals surface area contributed by atoms with Gasteiger partial charge < -0.3 is 14.9 Å². The molecular formula is C13H24O4. The minimum atomic E-state index is -1.11. The van der Waals surface area contributed by atoms with Crippen molar-refractivity contribution < 1.29 is 19.7 Å². The summed E-state index contributed by atoms with van der Waals surface area (Å²) in [6.45, 7) is 6.14. The minimum Gasteiger partial charge on any atom is -0.479 e. The summed E-state index contributed by atoms with van der Waals surface area (Å²) in [6, 6.07) is 0. The van der Waals surface area contributed by atoms with Gasteiger partial charge in [0.1, 0.15) is 0 Å². The van der Waals surface area contributed by atoms with Gasteiger partial charge in [-0.1, -0.05) is 27.2 Å². The monoisotopic (exact) mass is 244 g/mol. The van der Waals surface area contributed by atoms with Gasteiger partial charge in [-0.05, 0) is 24.7 Å². The molecule has 2 N–H and O–H groups in total. The van der Waals surface area contributed by atoms with Crippen molar-refractivity contribution in [3.63, 3.8) is 0 Å². The quantitative estimate of drug-likeness (QED) is 0.794. The van der Waals surface area contributed by atoms with Crippen LogP contribution in [0.25, 0.3) is 0 Å². The molecule has 0 radical (unpaired) electrons. The first-order valence-corrected chi connectivity index (χ1v) is 6.33. The van der Waals surface area contributed by atoms with Crippen LogP contribution < -0.4 is 0 Å². The summed E-state index contributed by atoms with van der Waals surface area (Å²) in [7, 11) is 0. The first kappa shape index (κ1) is 14.5. The fraction of sp³-hybridized carbons (Fsp3) is 0.923. The molecule has 1 fully saturated rings. The van der Waals surface area contributed by atoms with Crippen molar-refractivity contribution in [1.82, 2.24) is 0 Å². The van der Waals surface area contributed by atoms with Crippen LogP contribution >= 0.6 is 0 Å². The third-order valence-corrected chi connectivity index (χ3v) is 3.71. The molecule has 2 unspecified atom stereocenters. The van der Waals surface area contributed by atoms with Crippen molar-refractivity contribution >= 4 is 5.97 Å². The van der Waals surface area contributed by atoms with Crippen LogP contribution in [0.1, 0.15) is 46.5 Å². The lowest BCUT2D eigenvalue weighted by molar-refractivity contribution is -0.191. The maximum atomic E-state index is 11.6. The van der Waals surface area contributed by atoms with E-state index in [1.165, 1.54) is 0 Å². The fourth-order valence-corrected chi connectivity index (χ4v) is 2.99. The summed E-state index contributed by atoms with van der Waals surface area (Å²) in [5.41, 5.74) is -1.21. The van der Waals surface area contributed by atoms with Crippen LogP contribution in [-0.4, -0.2) is 35.0 Å². The van der Waals surface area contributed by atoms with Crippen molar-refractivity contribution in [2.24, 2.45) is 11.3 Å². The van der Waals surface area contributed by atoms with E-state index in [4.69, 9.17) is 9.84 Å². The number of hydrogen-bond acceptors (Lipinski definition) is 3. The van der Waals surface area contributed by atoms with E-state index in [2.05, 4.69) is 20.8 Å². The Bertz CT molecular complexity index is 269. The van der Waals surface area contributed by atoms with Gasteiger partial charge in [-0.3, -0.25) is 0 Å². The zero-order chi connectivity index (χ0) is 13.1. The largest absolute Gasteiger partial charge is 0.479 e. The third kappa shape index (κ3) is 2.99. The minimum absolute atomic E-state index is 0.00667. The predicted octanol–water partition coefficient (Wildman–Crippen LogP) is 2.06. The van der Waals surface area contributed by atoms with Gasteiger partial charge in [0.15, 0.2) is 5.60 Å². The normalized spacial score (nSPS) is 30.2. The standard InChI is InChI=1S/C13H24O4/c1-12(2,3)10-6-4-5-7-13(10,11(15)16)17-9-8-14/h10,14H,4-9H2,1-3H3,(H,15,16). The van der Waals surface area contributed by atoms with Crippen LogP contribution in [0, 0.1) is 11.3 Å². The molecule has 1 aliphatic rings. The number of carbonyl (C=O) groups is 1. The van der Waals surface area contributed by atoms with Gasteiger partial charge in [0.05, 0.1) is 13.2 Å². The van der Waals surface area contributed by atoms with Crippen LogP contribution in [0.5, 0.6) is 0 Å². The summed E-state index contributed by atoms with van der Waals surface area (Å²) in [4.78, 5) is 11.6. The molecule has 0 spiro atoms. The van der Waals surface area contributed by atoms with E-state index in [0.717, 1.165) is 19.3 Å². The Kier molecular flexibility index (Phi) is 4.55. The summed E-state index contributed by atoms with van der Waals surface area (Å²) in [6.07, 6.45) is 3.36. The molecule has 0 heterocycles. The molecule has 4 heteroatoms. The lowest BCUT2D eigenvalue weighted by Gasteiger charge is -2.46. The highest BCUT2D eigenvalue weighted by Gasteiger charge is 2.52. The second-order valence-corrected chi connectivity index (χ2v) is 5.93.